The minimum Gasteiger partial charge on any atom is -0.325 e. The fraction of sp³-hybridized carbons (Fsp3) is 0.458. The second kappa shape index (κ2) is 8.72. The molecule has 1 aliphatic rings. The maximum atomic E-state index is 13.3. The Kier molecular flexibility index (Phi) is 6.46. The Morgan fingerprint density at radius 3 is 2.37 bits per heavy atom. The van der Waals surface area contributed by atoms with Gasteiger partial charge in [-0.15, -0.1) is 11.3 Å². The van der Waals surface area contributed by atoms with Crippen molar-refractivity contribution in [1.29, 1.82) is 0 Å². The van der Waals surface area contributed by atoms with Crippen molar-refractivity contribution < 1.29 is 14.4 Å². The molecule has 3 amide bonds. The topological polar surface area (TPSA) is 57.7 Å². The number of carbonyl (C=O) groups is 3. The van der Waals surface area contributed by atoms with Gasteiger partial charge in [0.25, 0.3) is 5.91 Å². The molecule has 0 N–H and O–H groups in total. The smallest absolute Gasteiger partial charge is 0.257 e. The van der Waals surface area contributed by atoms with Crippen LogP contribution in [0.2, 0.25) is 0 Å². The van der Waals surface area contributed by atoms with Crippen LogP contribution in [-0.4, -0.2) is 28.7 Å². The molecular weight excluding hydrogens is 396 g/mol. The average molecular weight is 427 g/mol. The Bertz CT molecular complexity index is 911. The number of hydrogen-bond acceptors (Lipinski definition) is 4. The van der Waals surface area contributed by atoms with Gasteiger partial charge in [0, 0.05) is 11.3 Å². The first-order valence-electron chi connectivity index (χ1n) is 10.4. The monoisotopic (exact) mass is 426 g/mol. The molecule has 1 aliphatic heterocycles. The first-order chi connectivity index (χ1) is 14.1. The molecule has 1 atom stereocenters. The first-order valence-corrected chi connectivity index (χ1v) is 11.2. The van der Waals surface area contributed by atoms with Gasteiger partial charge < -0.3 is 4.90 Å². The molecule has 1 fully saturated rings. The van der Waals surface area contributed by atoms with Crippen molar-refractivity contribution in [1.82, 2.24) is 4.90 Å². The molecule has 5 nitrogen and oxygen atoms in total. The summed E-state index contributed by atoms with van der Waals surface area (Å²) in [5, 5.41) is 1.95. The van der Waals surface area contributed by atoms with Crippen LogP contribution >= 0.6 is 11.3 Å². The fourth-order valence-electron chi connectivity index (χ4n) is 3.64. The van der Waals surface area contributed by atoms with E-state index in [9.17, 15) is 14.4 Å². The largest absolute Gasteiger partial charge is 0.325 e. The van der Waals surface area contributed by atoms with Gasteiger partial charge in [-0.2, -0.15) is 0 Å². The van der Waals surface area contributed by atoms with Crippen LogP contribution in [0.5, 0.6) is 0 Å². The van der Waals surface area contributed by atoms with E-state index in [1.54, 1.807) is 16.2 Å². The number of anilines is 1. The quantitative estimate of drug-likeness (QED) is 0.613. The van der Waals surface area contributed by atoms with Crippen molar-refractivity contribution in [2.45, 2.75) is 66.0 Å². The number of benzene rings is 1. The molecule has 0 aliphatic carbocycles. The fourth-order valence-corrected chi connectivity index (χ4v) is 4.34. The Balaban J connectivity index is 1.87. The third-order valence-electron chi connectivity index (χ3n) is 5.23. The van der Waals surface area contributed by atoms with E-state index in [1.165, 1.54) is 4.90 Å². The Hall–Kier alpha value is -2.47. The van der Waals surface area contributed by atoms with Gasteiger partial charge in [0.2, 0.25) is 11.8 Å². The van der Waals surface area contributed by atoms with Crippen LogP contribution in [0.25, 0.3) is 0 Å². The first kappa shape index (κ1) is 22.2. The molecule has 1 saturated heterocycles. The number of carbonyl (C=O) groups excluding carboxylic acids is 3. The maximum Gasteiger partial charge on any atom is 0.257 e. The summed E-state index contributed by atoms with van der Waals surface area (Å²) in [5.74, 6) is -0.315. The van der Waals surface area contributed by atoms with Crippen molar-refractivity contribution in [2.24, 2.45) is 5.41 Å². The normalized spacial score (nSPS) is 17.1. The van der Waals surface area contributed by atoms with Crippen molar-refractivity contribution >= 4 is 34.7 Å². The van der Waals surface area contributed by atoms with Gasteiger partial charge in [0.1, 0.15) is 6.04 Å². The summed E-state index contributed by atoms with van der Waals surface area (Å²) in [5.41, 5.74) is 1.51. The van der Waals surface area contributed by atoms with Crippen molar-refractivity contribution in [2.75, 3.05) is 4.90 Å². The molecule has 1 aromatic carbocycles. The van der Waals surface area contributed by atoms with Crippen LogP contribution in [0, 0.1) is 5.41 Å². The predicted octanol–water partition coefficient (Wildman–Crippen LogP) is 4.97. The molecule has 0 saturated carbocycles. The molecular formula is C24H30N2O3S. The summed E-state index contributed by atoms with van der Waals surface area (Å²) >= 11 is 1.55. The lowest BCUT2D eigenvalue weighted by molar-refractivity contribution is -0.140. The van der Waals surface area contributed by atoms with Gasteiger partial charge in [-0.25, -0.2) is 4.90 Å². The highest BCUT2D eigenvalue weighted by atomic mass is 32.1. The number of rotatable bonds is 6. The number of thiophene rings is 1. The molecule has 0 radical (unpaired) electrons. The van der Waals surface area contributed by atoms with Crippen LogP contribution < -0.4 is 4.90 Å². The number of hydrogen-bond donors (Lipinski definition) is 0. The van der Waals surface area contributed by atoms with Crippen LogP contribution in [0.4, 0.5) is 5.69 Å². The molecule has 1 unspecified atom stereocenters. The summed E-state index contributed by atoms with van der Waals surface area (Å²) in [6.07, 6.45) is 0.339. The zero-order valence-electron chi connectivity index (χ0n) is 18.3. The van der Waals surface area contributed by atoms with E-state index in [1.807, 2.05) is 62.5 Å². The number of amides is 3. The zero-order chi connectivity index (χ0) is 22.1. The second-order valence-corrected chi connectivity index (χ2v) is 10.4. The van der Waals surface area contributed by atoms with Crippen LogP contribution in [-0.2, 0) is 20.9 Å². The van der Waals surface area contributed by atoms with Gasteiger partial charge >= 0.3 is 0 Å². The highest BCUT2D eigenvalue weighted by Gasteiger charge is 2.44. The Morgan fingerprint density at radius 2 is 1.83 bits per heavy atom. The van der Waals surface area contributed by atoms with Crippen molar-refractivity contribution in [3.63, 3.8) is 0 Å². The number of imide groups is 1. The second-order valence-electron chi connectivity index (χ2n) is 9.37. The molecule has 0 bridgehead atoms. The van der Waals surface area contributed by atoms with E-state index in [4.69, 9.17) is 0 Å². The number of nitrogens with zero attached hydrogens (tertiary/aromatic N) is 2. The maximum absolute atomic E-state index is 13.3. The molecule has 6 heteroatoms. The average Bonchev–Trinajstić information content (AvgIpc) is 3.26. The summed E-state index contributed by atoms with van der Waals surface area (Å²) in [7, 11) is 0. The van der Waals surface area contributed by atoms with E-state index >= 15 is 0 Å². The van der Waals surface area contributed by atoms with Crippen LogP contribution in [0.1, 0.15) is 63.8 Å². The van der Waals surface area contributed by atoms with Crippen LogP contribution in [0.3, 0.4) is 0 Å². The third-order valence-corrected chi connectivity index (χ3v) is 6.09. The van der Waals surface area contributed by atoms with E-state index in [-0.39, 0.29) is 29.6 Å². The van der Waals surface area contributed by atoms with E-state index < -0.39 is 6.04 Å². The van der Waals surface area contributed by atoms with E-state index in [2.05, 4.69) is 13.8 Å². The zero-order valence-corrected chi connectivity index (χ0v) is 19.2. The van der Waals surface area contributed by atoms with Gasteiger partial charge in [-0.1, -0.05) is 52.8 Å². The SMILES string of the molecule is CC(C)c1ccc(N2C(=O)CC(N(Cc3cccs3)C(=O)CC(C)(C)C)C2=O)cc1. The summed E-state index contributed by atoms with van der Waals surface area (Å²) < 4.78 is 0. The minimum atomic E-state index is -0.765. The van der Waals surface area contributed by atoms with Gasteiger partial charge in [-0.05, 0) is 40.5 Å². The Labute approximate surface area is 182 Å². The van der Waals surface area contributed by atoms with E-state index in [0.29, 0.717) is 24.6 Å². The lowest BCUT2D eigenvalue weighted by Crippen LogP contribution is -2.45. The Morgan fingerprint density at radius 1 is 1.17 bits per heavy atom. The summed E-state index contributed by atoms with van der Waals surface area (Å²) in [6.45, 7) is 10.5. The summed E-state index contributed by atoms with van der Waals surface area (Å²) in [6, 6.07) is 10.6. The molecule has 2 heterocycles. The highest BCUT2D eigenvalue weighted by molar-refractivity contribution is 7.09. The van der Waals surface area contributed by atoms with Crippen molar-refractivity contribution in [3.8, 4) is 0 Å². The molecule has 0 spiro atoms. The molecule has 30 heavy (non-hydrogen) atoms. The molecule has 1 aromatic heterocycles. The van der Waals surface area contributed by atoms with Gasteiger partial charge in [-0.3, -0.25) is 14.4 Å². The minimum absolute atomic E-state index is 0.0199. The highest BCUT2D eigenvalue weighted by Crippen LogP contribution is 2.30. The van der Waals surface area contributed by atoms with E-state index in [0.717, 1.165) is 10.4 Å². The van der Waals surface area contributed by atoms with Gasteiger partial charge in [0.15, 0.2) is 0 Å². The summed E-state index contributed by atoms with van der Waals surface area (Å²) in [4.78, 5) is 43.1. The molecule has 2 aromatic rings. The molecule has 160 valence electrons. The lowest BCUT2D eigenvalue weighted by Gasteiger charge is -2.30. The lowest BCUT2D eigenvalue weighted by atomic mass is 9.91. The third kappa shape index (κ3) is 4.98. The van der Waals surface area contributed by atoms with Crippen LogP contribution in [0.15, 0.2) is 41.8 Å². The van der Waals surface area contributed by atoms with Crippen molar-refractivity contribution in [3.05, 3.63) is 52.2 Å². The standard InChI is InChI=1S/C24H30N2O3S/c1-16(2)17-8-10-18(11-9-17)26-21(27)13-20(23(26)29)25(15-19-7-6-12-30-19)22(28)14-24(3,4)5/h6-12,16,20H,13-15H2,1-5H3. The predicted molar refractivity (Wildman–Crippen MR) is 120 cm³/mol. The molecule has 3 rings (SSSR count). The van der Waals surface area contributed by atoms with Gasteiger partial charge in [0.05, 0.1) is 18.7 Å².